The molecule has 0 aliphatic heterocycles. The number of hydrogen-bond acceptors (Lipinski definition) is 2. The third-order valence-corrected chi connectivity index (χ3v) is 2.64. The molecule has 2 N–H and O–H groups in total. The lowest BCUT2D eigenvalue weighted by molar-refractivity contribution is 0.503. The molecule has 3 heteroatoms. The minimum absolute atomic E-state index is 0. The molecule has 2 aromatic rings. The van der Waals surface area contributed by atoms with E-state index in [1.54, 1.807) is 0 Å². The third-order valence-electron chi connectivity index (χ3n) is 2.64. The molecule has 0 amide bonds. The lowest BCUT2D eigenvalue weighted by Crippen LogP contribution is -2.03. The normalized spacial score (nSPS) is 12.7. The van der Waals surface area contributed by atoms with Crippen molar-refractivity contribution in [3.05, 3.63) is 46.7 Å². The van der Waals surface area contributed by atoms with Crippen LogP contribution in [0.3, 0.4) is 0 Å². The highest BCUT2D eigenvalue weighted by Gasteiger charge is 2.13. The number of halogens is 1. The number of nitrogens with two attached hydrogens (primary N) is 1. The van der Waals surface area contributed by atoms with E-state index < -0.39 is 0 Å². The predicted molar refractivity (Wildman–Crippen MR) is 67.7 cm³/mol. The van der Waals surface area contributed by atoms with Crippen LogP contribution >= 0.6 is 12.4 Å². The van der Waals surface area contributed by atoms with Gasteiger partial charge in [0.05, 0.1) is 0 Å². The smallest absolute Gasteiger partial charge is 0.136 e. The zero-order chi connectivity index (χ0) is 10.3. The van der Waals surface area contributed by atoms with Crippen LogP contribution < -0.4 is 16.6 Å². The van der Waals surface area contributed by atoms with Crippen molar-refractivity contribution in [3.63, 3.8) is 0 Å². The van der Waals surface area contributed by atoms with Crippen LogP contribution in [-0.2, 0) is 0 Å². The Hall–Kier alpha value is -1.51. The van der Waals surface area contributed by atoms with Crippen LogP contribution in [0.25, 0.3) is 23.3 Å². The fourth-order valence-electron chi connectivity index (χ4n) is 1.97. The molecular formula is C13H12ClNO. The van der Waals surface area contributed by atoms with E-state index in [9.17, 15) is 0 Å². The van der Waals surface area contributed by atoms with E-state index in [1.165, 1.54) is 16.7 Å². The largest absolute Gasteiger partial charge is 0.457 e. The van der Waals surface area contributed by atoms with Crippen LogP contribution in [-0.4, -0.2) is 6.54 Å². The summed E-state index contributed by atoms with van der Waals surface area (Å²) in [5, 5.41) is 0. The molecule has 0 saturated heterocycles. The maximum absolute atomic E-state index is 5.66. The van der Waals surface area contributed by atoms with Gasteiger partial charge in [0.15, 0.2) is 0 Å². The monoisotopic (exact) mass is 233 g/mol. The summed E-state index contributed by atoms with van der Waals surface area (Å²) >= 11 is 0. The average molecular weight is 234 g/mol. The molecule has 1 aliphatic carbocycles. The van der Waals surface area contributed by atoms with Crippen LogP contribution in [0.2, 0.25) is 0 Å². The van der Waals surface area contributed by atoms with Gasteiger partial charge in [-0.3, -0.25) is 0 Å². The zero-order valence-electron chi connectivity index (χ0n) is 8.64. The molecule has 1 aromatic heterocycles. The van der Waals surface area contributed by atoms with Crippen LogP contribution in [0, 0.1) is 0 Å². The molecule has 16 heavy (non-hydrogen) atoms. The van der Waals surface area contributed by atoms with Crippen molar-refractivity contribution in [2.45, 2.75) is 0 Å². The third kappa shape index (κ3) is 1.56. The highest BCUT2D eigenvalue weighted by Crippen LogP contribution is 2.24. The molecule has 82 valence electrons. The van der Waals surface area contributed by atoms with Crippen molar-refractivity contribution >= 4 is 24.6 Å². The topological polar surface area (TPSA) is 39.2 Å². The van der Waals surface area contributed by atoms with Gasteiger partial charge in [0, 0.05) is 12.1 Å². The zero-order valence-corrected chi connectivity index (χ0v) is 9.46. The van der Waals surface area contributed by atoms with Gasteiger partial charge in [0.1, 0.15) is 10.8 Å². The fraction of sp³-hybridized carbons (Fsp3) is 0.0769. The van der Waals surface area contributed by atoms with Gasteiger partial charge in [-0.25, -0.2) is 0 Å². The summed E-state index contributed by atoms with van der Waals surface area (Å²) in [6.45, 7) is 0.508. The molecule has 1 heterocycles. The summed E-state index contributed by atoms with van der Waals surface area (Å²) < 4.78 is 5.66. The first-order chi connectivity index (χ1) is 7.38. The number of hydrogen-bond donors (Lipinski definition) is 1. The Kier molecular flexibility index (Phi) is 2.86. The molecule has 3 rings (SSSR count). The Bertz CT molecular complexity index is 628. The van der Waals surface area contributed by atoms with Crippen molar-refractivity contribution in [2.24, 2.45) is 5.73 Å². The molecule has 1 aromatic carbocycles. The number of rotatable bonds is 1. The van der Waals surface area contributed by atoms with E-state index in [0.717, 1.165) is 10.8 Å². The lowest BCUT2D eigenvalue weighted by Gasteiger charge is -1.95. The van der Waals surface area contributed by atoms with Crippen molar-refractivity contribution < 1.29 is 4.42 Å². The number of fused-ring (bicyclic) bond motifs is 3. The lowest BCUT2D eigenvalue weighted by atomic mass is 10.1. The standard InChI is InChI=1S/C13H11NO.ClH/c14-6-5-10-8-12-11-4-2-1-3-9(11)7-13(12)15-10;/h1-5,7-8H,6,14H2;1H. The fourth-order valence-corrected chi connectivity index (χ4v) is 1.97. The SMILES string of the molecule is Cl.NCC=c1cc2c(o1)=Cc1ccccc1-2. The van der Waals surface area contributed by atoms with E-state index in [1.807, 2.05) is 24.3 Å². The van der Waals surface area contributed by atoms with Gasteiger partial charge in [0.25, 0.3) is 0 Å². The second-order valence-electron chi connectivity index (χ2n) is 3.60. The second-order valence-corrected chi connectivity index (χ2v) is 3.60. The summed E-state index contributed by atoms with van der Waals surface area (Å²) in [7, 11) is 0. The van der Waals surface area contributed by atoms with Gasteiger partial charge in [-0.05, 0) is 29.3 Å². The first-order valence-corrected chi connectivity index (χ1v) is 5.00. The Morgan fingerprint density at radius 2 is 2.00 bits per heavy atom. The van der Waals surface area contributed by atoms with Crippen LogP contribution in [0.5, 0.6) is 0 Å². The van der Waals surface area contributed by atoms with E-state index in [4.69, 9.17) is 10.2 Å². The van der Waals surface area contributed by atoms with Gasteiger partial charge in [-0.15, -0.1) is 12.4 Å². The van der Waals surface area contributed by atoms with Crippen molar-refractivity contribution in [1.82, 2.24) is 0 Å². The van der Waals surface area contributed by atoms with Crippen molar-refractivity contribution in [1.29, 1.82) is 0 Å². The highest BCUT2D eigenvalue weighted by molar-refractivity contribution is 5.85. The van der Waals surface area contributed by atoms with Gasteiger partial charge in [-0.1, -0.05) is 24.3 Å². The summed E-state index contributed by atoms with van der Waals surface area (Å²) in [5.41, 5.74) is 10.9. The Labute approximate surface area is 99.5 Å². The number of furan rings is 1. The number of benzene rings is 1. The molecular weight excluding hydrogens is 222 g/mol. The summed E-state index contributed by atoms with van der Waals surface area (Å²) in [5.74, 6) is 0. The van der Waals surface area contributed by atoms with Crippen molar-refractivity contribution in [3.8, 4) is 11.1 Å². The highest BCUT2D eigenvalue weighted by atomic mass is 35.5. The summed E-state index contributed by atoms with van der Waals surface area (Å²) in [6, 6.07) is 10.3. The molecule has 0 spiro atoms. The van der Waals surface area contributed by atoms with Gasteiger partial charge in [0.2, 0.25) is 0 Å². The van der Waals surface area contributed by atoms with Gasteiger partial charge >= 0.3 is 0 Å². The van der Waals surface area contributed by atoms with Gasteiger partial charge in [-0.2, -0.15) is 0 Å². The molecule has 1 aliphatic rings. The Balaban J connectivity index is 0.000000963. The van der Waals surface area contributed by atoms with E-state index >= 15 is 0 Å². The maximum Gasteiger partial charge on any atom is 0.136 e. The molecule has 0 bridgehead atoms. The van der Waals surface area contributed by atoms with Crippen LogP contribution in [0.15, 0.2) is 34.7 Å². The quantitative estimate of drug-likeness (QED) is 0.687. The summed E-state index contributed by atoms with van der Waals surface area (Å²) in [6.07, 6.45) is 3.95. The first kappa shape index (κ1) is 11.0. The average Bonchev–Trinajstić information content (AvgIpc) is 2.75. The minimum atomic E-state index is 0. The molecule has 0 radical (unpaired) electrons. The van der Waals surface area contributed by atoms with Crippen molar-refractivity contribution in [2.75, 3.05) is 6.54 Å². The molecule has 0 fully saturated rings. The van der Waals surface area contributed by atoms with E-state index in [-0.39, 0.29) is 12.4 Å². The summed E-state index contributed by atoms with van der Waals surface area (Å²) in [4.78, 5) is 0. The Morgan fingerprint density at radius 3 is 2.81 bits per heavy atom. The van der Waals surface area contributed by atoms with Crippen LogP contribution in [0.4, 0.5) is 0 Å². The van der Waals surface area contributed by atoms with Crippen LogP contribution in [0.1, 0.15) is 5.56 Å². The van der Waals surface area contributed by atoms with Gasteiger partial charge < -0.3 is 10.2 Å². The Morgan fingerprint density at radius 1 is 1.19 bits per heavy atom. The second kappa shape index (κ2) is 4.16. The first-order valence-electron chi connectivity index (χ1n) is 5.00. The predicted octanol–water partition coefficient (Wildman–Crippen LogP) is 1.25. The molecule has 0 atom stereocenters. The molecule has 0 saturated carbocycles. The molecule has 0 unspecified atom stereocenters. The van der Waals surface area contributed by atoms with E-state index in [0.29, 0.717) is 6.54 Å². The molecule has 2 nitrogen and oxygen atoms in total. The van der Waals surface area contributed by atoms with E-state index in [2.05, 4.69) is 18.2 Å². The minimum Gasteiger partial charge on any atom is -0.457 e. The maximum atomic E-state index is 5.66.